The molecule has 1 N–H and O–H groups in total. The van der Waals surface area contributed by atoms with E-state index in [1.807, 2.05) is 53.7 Å². The number of amides is 1. The van der Waals surface area contributed by atoms with Crippen LogP contribution in [-0.2, 0) is 4.74 Å². The number of ether oxygens (including phenoxy) is 1. The molecular weight excluding hydrogens is 356 g/mol. The van der Waals surface area contributed by atoms with Crippen molar-refractivity contribution in [3.8, 4) is 0 Å². The van der Waals surface area contributed by atoms with E-state index < -0.39 is 5.60 Å². The minimum Gasteiger partial charge on any atom is -0.444 e. The highest BCUT2D eigenvalue weighted by Gasteiger charge is 2.30. The number of hydrogen-bond donors (Lipinski definition) is 1. The summed E-state index contributed by atoms with van der Waals surface area (Å²) in [5, 5.41) is 3.36. The molecular formula is C18H29BrN2O2. The van der Waals surface area contributed by atoms with Crippen LogP contribution in [0, 0.1) is 6.92 Å². The minimum absolute atomic E-state index is 0.279. The summed E-state index contributed by atoms with van der Waals surface area (Å²) >= 11 is 3.50. The summed E-state index contributed by atoms with van der Waals surface area (Å²) in [7, 11) is 0. The third-order valence-electron chi connectivity index (χ3n) is 3.25. The van der Waals surface area contributed by atoms with Crippen molar-refractivity contribution >= 4 is 27.7 Å². The largest absolute Gasteiger partial charge is 0.444 e. The molecule has 1 aromatic carbocycles. The molecule has 130 valence electrons. The second-order valence-electron chi connectivity index (χ2n) is 7.69. The number of benzene rings is 1. The maximum Gasteiger partial charge on any atom is 0.410 e. The monoisotopic (exact) mass is 384 g/mol. The number of aryl methyl sites for hydroxylation is 1. The molecule has 0 spiro atoms. The number of carbonyl (C=O) groups is 1. The lowest BCUT2D eigenvalue weighted by atomic mass is 10.1. The van der Waals surface area contributed by atoms with Gasteiger partial charge in [0.15, 0.2) is 0 Å². The first-order valence-electron chi connectivity index (χ1n) is 7.91. The molecule has 0 bridgehead atoms. The quantitative estimate of drug-likeness (QED) is 0.774. The van der Waals surface area contributed by atoms with E-state index in [0.717, 1.165) is 10.2 Å². The molecule has 5 heteroatoms. The second kappa shape index (κ2) is 7.56. The number of nitrogens with one attached hydrogen (secondary N) is 1. The Kier molecular flexibility index (Phi) is 6.51. The number of hydrogen-bond acceptors (Lipinski definition) is 3. The molecule has 0 aliphatic carbocycles. The highest BCUT2D eigenvalue weighted by atomic mass is 79.9. The van der Waals surface area contributed by atoms with Gasteiger partial charge in [-0.25, -0.2) is 4.79 Å². The summed E-state index contributed by atoms with van der Waals surface area (Å²) in [5.74, 6) is 0. The van der Waals surface area contributed by atoms with Crippen molar-refractivity contribution in [1.29, 1.82) is 0 Å². The summed E-state index contributed by atoms with van der Waals surface area (Å²) in [6.07, 6.45) is -0.279. The standard InChI is InChI=1S/C18H29BrN2O2/c1-13-12-14(8-9-15(13)19)20-10-11-21(17(2,3)4)16(22)23-18(5,6)7/h8-9,12,20H,10-11H2,1-7H3. The first-order valence-corrected chi connectivity index (χ1v) is 8.70. The van der Waals surface area contributed by atoms with E-state index in [2.05, 4.69) is 34.2 Å². The highest BCUT2D eigenvalue weighted by molar-refractivity contribution is 9.10. The molecule has 0 unspecified atom stereocenters. The molecule has 23 heavy (non-hydrogen) atoms. The zero-order chi connectivity index (χ0) is 17.8. The normalized spacial score (nSPS) is 12.0. The van der Waals surface area contributed by atoms with Crippen LogP contribution in [0.1, 0.15) is 47.1 Å². The fourth-order valence-electron chi connectivity index (χ4n) is 2.08. The van der Waals surface area contributed by atoms with Crippen LogP contribution in [0.4, 0.5) is 10.5 Å². The lowest BCUT2D eigenvalue weighted by molar-refractivity contribution is 0.00749. The van der Waals surface area contributed by atoms with Gasteiger partial charge in [0, 0.05) is 28.8 Å². The summed E-state index contributed by atoms with van der Waals surface area (Å²) in [6.45, 7) is 15.0. The fourth-order valence-corrected chi connectivity index (χ4v) is 2.33. The van der Waals surface area contributed by atoms with Gasteiger partial charge < -0.3 is 15.0 Å². The predicted octanol–water partition coefficient (Wildman–Crippen LogP) is 5.21. The molecule has 1 rings (SSSR count). The molecule has 0 fully saturated rings. The van der Waals surface area contributed by atoms with Crippen LogP contribution in [-0.4, -0.2) is 35.2 Å². The topological polar surface area (TPSA) is 41.6 Å². The van der Waals surface area contributed by atoms with Gasteiger partial charge in [0.05, 0.1) is 0 Å². The summed E-state index contributed by atoms with van der Waals surface area (Å²) in [4.78, 5) is 14.2. The van der Waals surface area contributed by atoms with Gasteiger partial charge >= 0.3 is 6.09 Å². The van der Waals surface area contributed by atoms with Crippen molar-refractivity contribution in [3.63, 3.8) is 0 Å². The van der Waals surface area contributed by atoms with E-state index in [1.165, 1.54) is 5.56 Å². The average Bonchev–Trinajstić information content (AvgIpc) is 2.35. The predicted molar refractivity (Wildman–Crippen MR) is 100 cm³/mol. The number of rotatable bonds is 4. The molecule has 0 saturated carbocycles. The maximum atomic E-state index is 12.4. The van der Waals surface area contributed by atoms with Crippen molar-refractivity contribution in [2.75, 3.05) is 18.4 Å². The van der Waals surface area contributed by atoms with Gasteiger partial charge in [-0.1, -0.05) is 15.9 Å². The van der Waals surface area contributed by atoms with Crippen LogP contribution in [0.15, 0.2) is 22.7 Å². The molecule has 0 atom stereocenters. The van der Waals surface area contributed by atoms with Gasteiger partial charge in [-0.3, -0.25) is 0 Å². The summed E-state index contributed by atoms with van der Waals surface area (Å²) in [6, 6.07) is 6.12. The Hall–Kier alpha value is -1.23. The van der Waals surface area contributed by atoms with Crippen LogP contribution in [0.2, 0.25) is 0 Å². The van der Waals surface area contributed by atoms with E-state index in [4.69, 9.17) is 4.74 Å². The Balaban J connectivity index is 2.68. The van der Waals surface area contributed by atoms with E-state index in [9.17, 15) is 4.79 Å². The summed E-state index contributed by atoms with van der Waals surface area (Å²) in [5.41, 5.74) is 1.44. The highest BCUT2D eigenvalue weighted by Crippen LogP contribution is 2.21. The molecule has 0 saturated heterocycles. The maximum absolute atomic E-state index is 12.4. The third-order valence-corrected chi connectivity index (χ3v) is 4.14. The third kappa shape index (κ3) is 6.81. The Bertz CT molecular complexity index is 545. The first-order chi connectivity index (χ1) is 10.4. The minimum atomic E-state index is -0.489. The van der Waals surface area contributed by atoms with Gasteiger partial charge in [0.25, 0.3) is 0 Å². The smallest absolute Gasteiger partial charge is 0.410 e. The van der Waals surface area contributed by atoms with Crippen LogP contribution < -0.4 is 5.32 Å². The molecule has 1 aromatic rings. The van der Waals surface area contributed by atoms with Crippen molar-refractivity contribution in [1.82, 2.24) is 4.90 Å². The van der Waals surface area contributed by atoms with Gasteiger partial charge in [-0.15, -0.1) is 0 Å². The van der Waals surface area contributed by atoms with E-state index in [0.29, 0.717) is 13.1 Å². The number of halogens is 1. The molecule has 0 aliphatic heterocycles. The van der Waals surface area contributed by atoms with Crippen molar-refractivity contribution in [2.24, 2.45) is 0 Å². The zero-order valence-corrected chi connectivity index (χ0v) is 16.9. The van der Waals surface area contributed by atoms with E-state index in [1.54, 1.807) is 4.90 Å². The van der Waals surface area contributed by atoms with E-state index >= 15 is 0 Å². The first kappa shape index (κ1) is 19.8. The van der Waals surface area contributed by atoms with Crippen LogP contribution >= 0.6 is 15.9 Å². The van der Waals surface area contributed by atoms with Gasteiger partial charge in [-0.05, 0) is 72.2 Å². The van der Waals surface area contributed by atoms with Crippen molar-refractivity contribution in [2.45, 2.75) is 59.6 Å². The SMILES string of the molecule is Cc1cc(NCCN(C(=O)OC(C)(C)C)C(C)(C)C)ccc1Br. The lowest BCUT2D eigenvalue weighted by Gasteiger charge is -2.37. The fraction of sp³-hybridized carbons (Fsp3) is 0.611. The number of nitrogens with zero attached hydrogens (tertiary/aromatic N) is 1. The summed E-state index contributed by atoms with van der Waals surface area (Å²) < 4.78 is 6.61. The molecule has 0 radical (unpaired) electrons. The van der Waals surface area contributed by atoms with Crippen LogP contribution in [0.25, 0.3) is 0 Å². The van der Waals surface area contributed by atoms with Crippen molar-refractivity contribution in [3.05, 3.63) is 28.2 Å². The zero-order valence-electron chi connectivity index (χ0n) is 15.3. The number of anilines is 1. The van der Waals surface area contributed by atoms with Crippen molar-refractivity contribution < 1.29 is 9.53 Å². The molecule has 1 amide bonds. The molecule has 0 aliphatic rings. The van der Waals surface area contributed by atoms with Gasteiger partial charge in [0.1, 0.15) is 5.60 Å². The van der Waals surface area contributed by atoms with Crippen LogP contribution in [0.5, 0.6) is 0 Å². The lowest BCUT2D eigenvalue weighted by Crippen LogP contribution is -2.49. The Morgan fingerprint density at radius 1 is 1.22 bits per heavy atom. The Labute approximate surface area is 148 Å². The average molecular weight is 385 g/mol. The second-order valence-corrected chi connectivity index (χ2v) is 8.55. The molecule has 0 aromatic heterocycles. The van der Waals surface area contributed by atoms with Gasteiger partial charge in [-0.2, -0.15) is 0 Å². The van der Waals surface area contributed by atoms with E-state index in [-0.39, 0.29) is 11.6 Å². The molecule has 4 nitrogen and oxygen atoms in total. The Morgan fingerprint density at radius 2 is 1.83 bits per heavy atom. The molecule has 0 heterocycles. The Morgan fingerprint density at radius 3 is 2.30 bits per heavy atom. The van der Waals surface area contributed by atoms with Crippen LogP contribution in [0.3, 0.4) is 0 Å². The van der Waals surface area contributed by atoms with Gasteiger partial charge in [0.2, 0.25) is 0 Å². The number of carbonyl (C=O) groups excluding carboxylic acids is 1.